The van der Waals surface area contributed by atoms with Crippen molar-refractivity contribution in [1.29, 1.82) is 0 Å². The van der Waals surface area contributed by atoms with Crippen molar-refractivity contribution in [3.8, 4) is 0 Å². The van der Waals surface area contributed by atoms with E-state index in [9.17, 15) is 9.46 Å². The van der Waals surface area contributed by atoms with Crippen LogP contribution in [-0.2, 0) is 4.57 Å². The summed E-state index contributed by atoms with van der Waals surface area (Å²) in [6.07, 6.45) is 0. The average molecular weight is 212 g/mol. The highest BCUT2D eigenvalue weighted by atomic mass is 31.1. The zero-order valence-electron chi connectivity index (χ0n) is 7.93. The van der Waals surface area contributed by atoms with Crippen LogP contribution in [0.3, 0.4) is 0 Å². The van der Waals surface area contributed by atoms with Gasteiger partial charge in [0, 0.05) is 11.4 Å². The van der Waals surface area contributed by atoms with Gasteiger partial charge in [0.2, 0.25) is 0 Å². The molecule has 0 saturated carbocycles. The van der Waals surface area contributed by atoms with Gasteiger partial charge in [-0.3, -0.25) is 0 Å². The van der Waals surface area contributed by atoms with Gasteiger partial charge < -0.3 is 15.9 Å². The van der Waals surface area contributed by atoms with Crippen LogP contribution >= 0.6 is 8.03 Å². The average Bonchev–Trinajstić information content (AvgIpc) is 2.16. The number of nitrogens with one attached hydrogen (secondary N) is 1. The third-order valence-electron chi connectivity index (χ3n) is 1.87. The minimum atomic E-state index is -2.35. The van der Waals surface area contributed by atoms with Gasteiger partial charge in [-0.2, -0.15) is 0 Å². The first-order chi connectivity index (χ1) is 6.59. The SMILES string of the molecule is CC(CNc1ccc(N)cc1)[P+](=O)[O-]. The second-order valence-electron chi connectivity index (χ2n) is 3.14. The van der Waals surface area contributed by atoms with Crippen molar-refractivity contribution >= 4 is 19.4 Å². The Labute approximate surface area is 84.0 Å². The molecule has 14 heavy (non-hydrogen) atoms. The monoisotopic (exact) mass is 212 g/mol. The van der Waals surface area contributed by atoms with E-state index in [0.717, 1.165) is 5.69 Å². The summed E-state index contributed by atoms with van der Waals surface area (Å²) in [6, 6.07) is 7.17. The molecular weight excluding hydrogens is 199 g/mol. The molecule has 0 amide bonds. The maximum atomic E-state index is 10.6. The number of nitrogens with two attached hydrogens (primary N) is 1. The van der Waals surface area contributed by atoms with Crippen molar-refractivity contribution in [1.82, 2.24) is 0 Å². The molecule has 4 nitrogen and oxygen atoms in total. The van der Waals surface area contributed by atoms with Crippen LogP contribution in [-0.4, -0.2) is 12.2 Å². The Balaban J connectivity index is 2.46. The fourth-order valence-electron chi connectivity index (χ4n) is 0.941. The van der Waals surface area contributed by atoms with Crippen LogP contribution in [0.1, 0.15) is 6.92 Å². The molecule has 2 unspecified atom stereocenters. The topological polar surface area (TPSA) is 78.2 Å². The highest BCUT2D eigenvalue weighted by molar-refractivity contribution is 7.37. The summed E-state index contributed by atoms with van der Waals surface area (Å²) >= 11 is 0. The van der Waals surface area contributed by atoms with Crippen LogP contribution in [0.4, 0.5) is 11.4 Å². The predicted octanol–water partition coefficient (Wildman–Crippen LogP) is 1.17. The van der Waals surface area contributed by atoms with Gasteiger partial charge in [0.05, 0.1) is 6.54 Å². The fourth-order valence-corrected chi connectivity index (χ4v) is 1.18. The van der Waals surface area contributed by atoms with Gasteiger partial charge in [0.25, 0.3) is 0 Å². The maximum absolute atomic E-state index is 10.6. The van der Waals surface area contributed by atoms with E-state index in [0.29, 0.717) is 12.2 Å². The quantitative estimate of drug-likeness (QED) is 0.580. The van der Waals surface area contributed by atoms with E-state index < -0.39 is 8.03 Å². The maximum Gasteiger partial charge on any atom is 0.313 e. The van der Waals surface area contributed by atoms with Gasteiger partial charge in [0.15, 0.2) is 5.66 Å². The minimum absolute atomic E-state index is 0.359. The highest BCUT2D eigenvalue weighted by Gasteiger charge is 2.13. The Morgan fingerprint density at radius 1 is 1.50 bits per heavy atom. The largest absolute Gasteiger partial charge is 0.595 e. The summed E-state index contributed by atoms with van der Waals surface area (Å²) in [5.74, 6) is 0. The van der Waals surface area contributed by atoms with E-state index in [4.69, 9.17) is 5.73 Å². The Bertz CT molecular complexity index is 313. The van der Waals surface area contributed by atoms with Crippen molar-refractivity contribution in [2.24, 2.45) is 0 Å². The molecule has 5 heteroatoms. The van der Waals surface area contributed by atoms with Crippen LogP contribution in [0.25, 0.3) is 0 Å². The molecule has 3 N–H and O–H groups in total. The molecule has 0 aromatic heterocycles. The Hall–Kier alpha value is -1.12. The molecule has 0 fully saturated rings. The normalized spacial score (nSPS) is 13.4. The summed E-state index contributed by atoms with van der Waals surface area (Å²) < 4.78 is 10.6. The van der Waals surface area contributed by atoms with Crippen molar-refractivity contribution in [3.05, 3.63) is 24.3 Å². The zero-order valence-corrected chi connectivity index (χ0v) is 8.83. The van der Waals surface area contributed by atoms with Crippen LogP contribution < -0.4 is 15.9 Å². The zero-order chi connectivity index (χ0) is 10.6. The second kappa shape index (κ2) is 4.94. The van der Waals surface area contributed by atoms with Crippen LogP contribution in [0.15, 0.2) is 24.3 Å². The molecular formula is C9H13N2O2P. The van der Waals surface area contributed by atoms with Crippen molar-refractivity contribution in [2.45, 2.75) is 12.6 Å². The first-order valence-electron chi connectivity index (χ1n) is 4.32. The molecule has 1 aromatic rings. The molecule has 0 aliphatic heterocycles. The standard InChI is InChI=1S/C9H13N2O2P/c1-7(14(12)13)6-11-9-4-2-8(10)3-5-9/h2-5,7,11H,6,10H2,1H3. The summed E-state index contributed by atoms with van der Waals surface area (Å²) in [5, 5.41) is 3.01. The highest BCUT2D eigenvalue weighted by Crippen LogP contribution is 2.18. The van der Waals surface area contributed by atoms with Crippen LogP contribution in [0.2, 0.25) is 0 Å². The number of nitrogen functional groups attached to an aromatic ring is 1. The Kier molecular flexibility index (Phi) is 3.86. The first-order valence-corrected chi connectivity index (χ1v) is 5.57. The van der Waals surface area contributed by atoms with Crippen molar-refractivity contribution in [3.63, 3.8) is 0 Å². The lowest BCUT2D eigenvalue weighted by Gasteiger charge is -2.07. The van der Waals surface area contributed by atoms with E-state index in [1.807, 2.05) is 12.1 Å². The molecule has 0 bridgehead atoms. The molecule has 0 heterocycles. The van der Waals surface area contributed by atoms with Crippen LogP contribution in [0.5, 0.6) is 0 Å². The smallest absolute Gasteiger partial charge is 0.313 e. The van der Waals surface area contributed by atoms with Gasteiger partial charge in [-0.25, -0.2) is 0 Å². The third-order valence-corrected chi connectivity index (χ3v) is 2.77. The van der Waals surface area contributed by atoms with Gasteiger partial charge in [-0.1, -0.05) is 4.57 Å². The second-order valence-corrected chi connectivity index (χ2v) is 4.59. The number of benzene rings is 1. The summed E-state index contributed by atoms with van der Waals surface area (Å²) in [5.41, 5.74) is 6.72. The van der Waals surface area contributed by atoms with E-state index in [2.05, 4.69) is 5.32 Å². The molecule has 0 spiro atoms. The fraction of sp³-hybridized carbons (Fsp3) is 0.333. The van der Waals surface area contributed by atoms with E-state index in [1.165, 1.54) is 0 Å². The first kappa shape index (κ1) is 11.0. The Morgan fingerprint density at radius 2 is 2.07 bits per heavy atom. The van der Waals surface area contributed by atoms with Gasteiger partial charge >= 0.3 is 8.03 Å². The van der Waals surface area contributed by atoms with E-state index in [1.54, 1.807) is 19.1 Å². The van der Waals surface area contributed by atoms with Crippen molar-refractivity contribution in [2.75, 3.05) is 17.6 Å². The molecule has 1 rings (SSSR count). The molecule has 0 saturated heterocycles. The Morgan fingerprint density at radius 3 is 2.57 bits per heavy atom. The lowest BCUT2D eigenvalue weighted by atomic mass is 10.3. The molecule has 1 aromatic carbocycles. The summed E-state index contributed by atoms with van der Waals surface area (Å²) in [7, 11) is -2.35. The van der Waals surface area contributed by atoms with E-state index >= 15 is 0 Å². The molecule has 76 valence electrons. The van der Waals surface area contributed by atoms with Crippen molar-refractivity contribution < 1.29 is 9.46 Å². The van der Waals surface area contributed by atoms with Gasteiger partial charge in [0.1, 0.15) is 0 Å². The van der Waals surface area contributed by atoms with Gasteiger partial charge in [-0.15, -0.1) is 0 Å². The number of rotatable bonds is 4. The lowest BCUT2D eigenvalue weighted by molar-refractivity contribution is -0.165. The lowest BCUT2D eigenvalue weighted by Crippen LogP contribution is -2.16. The number of hydrogen-bond acceptors (Lipinski definition) is 4. The van der Waals surface area contributed by atoms with E-state index in [-0.39, 0.29) is 5.66 Å². The molecule has 0 aliphatic carbocycles. The molecule has 2 atom stereocenters. The number of anilines is 2. The summed E-state index contributed by atoms with van der Waals surface area (Å²) in [6.45, 7) is 2.08. The van der Waals surface area contributed by atoms with Crippen LogP contribution in [0, 0.1) is 0 Å². The molecule has 0 aliphatic rings. The predicted molar refractivity (Wildman–Crippen MR) is 56.4 cm³/mol. The summed E-state index contributed by atoms with van der Waals surface area (Å²) in [4.78, 5) is 10.6. The number of hydrogen-bond donors (Lipinski definition) is 2. The van der Waals surface area contributed by atoms with Gasteiger partial charge in [-0.05, 0) is 31.2 Å². The molecule has 0 radical (unpaired) electrons. The third kappa shape index (κ3) is 3.32. The minimum Gasteiger partial charge on any atom is -0.595 e.